The predicted octanol–water partition coefficient (Wildman–Crippen LogP) is 3.40. The minimum absolute atomic E-state index is 1.19. The molecule has 0 nitrogen and oxygen atoms in total. The van der Waals surface area contributed by atoms with Crippen LogP contribution < -0.4 is 0 Å². The van der Waals surface area contributed by atoms with Crippen LogP contribution in [0.15, 0.2) is 22.2 Å². The monoisotopic (exact) mass is 186 g/mol. The van der Waals surface area contributed by atoms with Gasteiger partial charge in [-0.05, 0) is 19.3 Å². The predicted molar refractivity (Wildman–Crippen MR) is 44.6 cm³/mol. The molecule has 0 atom stereocenters. The lowest BCUT2D eigenvalue weighted by molar-refractivity contribution is 0.892. The van der Waals surface area contributed by atoms with Crippen molar-refractivity contribution in [3.63, 3.8) is 0 Å². The van der Waals surface area contributed by atoms with E-state index < -0.39 is 0 Å². The third-order valence-electron chi connectivity index (χ3n) is 1.64. The summed E-state index contributed by atoms with van der Waals surface area (Å²) in [4.78, 5) is 0. The van der Waals surface area contributed by atoms with Crippen molar-refractivity contribution in [1.29, 1.82) is 0 Å². The van der Waals surface area contributed by atoms with Crippen LogP contribution in [0, 0.1) is 0 Å². The van der Waals surface area contributed by atoms with Gasteiger partial charge in [0.1, 0.15) is 0 Å². The fourth-order valence-electron chi connectivity index (χ4n) is 1.03. The maximum absolute atomic E-state index is 3.51. The highest BCUT2D eigenvalue weighted by molar-refractivity contribution is 9.11. The molecule has 0 aromatic heterocycles. The number of allylic oxidation sites excluding steroid dienone is 4. The van der Waals surface area contributed by atoms with Gasteiger partial charge in [-0.25, -0.2) is 0 Å². The van der Waals surface area contributed by atoms with Gasteiger partial charge in [-0.1, -0.05) is 40.6 Å². The molecule has 0 heterocycles. The van der Waals surface area contributed by atoms with Gasteiger partial charge in [-0.3, -0.25) is 0 Å². The van der Waals surface area contributed by atoms with Crippen LogP contribution in [-0.4, -0.2) is 0 Å². The average molecular weight is 187 g/mol. The summed E-state index contributed by atoms with van der Waals surface area (Å²) in [6.45, 7) is 2.20. The summed E-state index contributed by atoms with van der Waals surface area (Å²) < 4.78 is 1.30. The van der Waals surface area contributed by atoms with Crippen LogP contribution in [-0.2, 0) is 0 Å². The van der Waals surface area contributed by atoms with Crippen LogP contribution in [0.2, 0.25) is 0 Å². The Bertz CT molecular complexity index is 154. The first kappa shape index (κ1) is 7.07. The molecule has 0 unspecified atom stereocenters. The summed E-state index contributed by atoms with van der Waals surface area (Å²) in [5, 5.41) is 0. The van der Waals surface area contributed by atoms with Gasteiger partial charge in [0.2, 0.25) is 0 Å². The third-order valence-corrected chi connectivity index (χ3v) is 2.47. The fraction of sp³-hybridized carbons (Fsp3) is 0.500. The largest absolute Gasteiger partial charge is 0.0831 e. The second kappa shape index (κ2) is 3.21. The van der Waals surface area contributed by atoms with Crippen LogP contribution in [0.5, 0.6) is 0 Å². The Labute approximate surface area is 64.8 Å². The van der Waals surface area contributed by atoms with Gasteiger partial charge >= 0.3 is 0 Å². The zero-order valence-electron chi connectivity index (χ0n) is 5.65. The number of hydrogen-bond donors (Lipinski definition) is 0. The molecule has 1 rings (SSSR count). The molecule has 1 aliphatic rings. The number of rotatable bonds is 1. The van der Waals surface area contributed by atoms with E-state index in [1.807, 2.05) is 0 Å². The molecule has 0 saturated heterocycles. The summed E-state index contributed by atoms with van der Waals surface area (Å²) in [6.07, 6.45) is 8.02. The third kappa shape index (κ3) is 1.68. The van der Waals surface area contributed by atoms with Crippen molar-refractivity contribution < 1.29 is 0 Å². The topological polar surface area (TPSA) is 0 Å². The smallest absolute Gasteiger partial charge is 0.0164 e. The van der Waals surface area contributed by atoms with Crippen LogP contribution in [0.1, 0.15) is 26.2 Å². The zero-order chi connectivity index (χ0) is 6.69. The molecule has 1 heteroatoms. The lowest BCUT2D eigenvalue weighted by Crippen LogP contribution is -1.87. The van der Waals surface area contributed by atoms with E-state index in [0.717, 1.165) is 0 Å². The molecule has 0 N–H and O–H groups in total. The van der Waals surface area contributed by atoms with E-state index in [0.29, 0.717) is 0 Å². The van der Waals surface area contributed by atoms with E-state index in [1.54, 1.807) is 5.57 Å². The van der Waals surface area contributed by atoms with Gasteiger partial charge in [-0.15, -0.1) is 0 Å². The molecule has 0 radical (unpaired) electrons. The molecule has 0 fully saturated rings. The average Bonchev–Trinajstić information content (AvgIpc) is 1.89. The maximum atomic E-state index is 3.51. The van der Waals surface area contributed by atoms with Crippen molar-refractivity contribution in [2.75, 3.05) is 0 Å². The van der Waals surface area contributed by atoms with E-state index in [4.69, 9.17) is 0 Å². The molecule has 0 aromatic rings. The second-order valence-corrected chi connectivity index (χ2v) is 3.10. The maximum Gasteiger partial charge on any atom is 0.0164 e. The van der Waals surface area contributed by atoms with E-state index in [1.165, 1.54) is 23.7 Å². The molecular weight excluding hydrogens is 176 g/mol. The van der Waals surface area contributed by atoms with Gasteiger partial charge in [0.25, 0.3) is 0 Å². The Morgan fingerprint density at radius 3 is 2.89 bits per heavy atom. The molecule has 0 bridgehead atoms. The van der Waals surface area contributed by atoms with Gasteiger partial charge in [0.15, 0.2) is 0 Å². The minimum Gasteiger partial charge on any atom is -0.0831 e. The van der Waals surface area contributed by atoms with Crippen molar-refractivity contribution in [1.82, 2.24) is 0 Å². The van der Waals surface area contributed by atoms with E-state index >= 15 is 0 Å². The van der Waals surface area contributed by atoms with Crippen molar-refractivity contribution >= 4 is 15.9 Å². The van der Waals surface area contributed by atoms with Gasteiger partial charge in [0.05, 0.1) is 0 Å². The molecular formula is C8H11Br. The molecule has 0 amide bonds. The van der Waals surface area contributed by atoms with Gasteiger partial charge in [0, 0.05) is 4.48 Å². The zero-order valence-corrected chi connectivity index (χ0v) is 7.24. The standard InChI is InChI=1S/C8H11Br/c1-2-7-5-3-4-6-8(7)9/h4,6H,2-3,5H2,1H3. The highest BCUT2D eigenvalue weighted by Crippen LogP contribution is 2.25. The summed E-state index contributed by atoms with van der Waals surface area (Å²) in [5.74, 6) is 0. The Kier molecular flexibility index (Phi) is 2.52. The number of halogens is 1. The van der Waals surface area contributed by atoms with Crippen molar-refractivity contribution in [2.45, 2.75) is 26.2 Å². The molecule has 0 aliphatic heterocycles. The summed E-state index contributed by atoms with van der Waals surface area (Å²) >= 11 is 3.51. The Morgan fingerprint density at radius 1 is 1.67 bits per heavy atom. The van der Waals surface area contributed by atoms with E-state index in [9.17, 15) is 0 Å². The van der Waals surface area contributed by atoms with Crippen molar-refractivity contribution in [3.8, 4) is 0 Å². The molecule has 0 saturated carbocycles. The van der Waals surface area contributed by atoms with Crippen molar-refractivity contribution in [3.05, 3.63) is 22.2 Å². The van der Waals surface area contributed by atoms with Gasteiger partial charge in [-0.2, -0.15) is 0 Å². The SMILES string of the molecule is CCC1=C(Br)C=CCC1. The molecule has 50 valence electrons. The molecule has 0 spiro atoms. The Morgan fingerprint density at radius 2 is 2.44 bits per heavy atom. The summed E-state index contributed by atoms with van der Waals surface area (Å²) in [6, 6.07) is 0. The van der Waals surface area contributed by atoms with Crippen molar-refractivity contribution in [2.24, 2.45) is 0 Å². The fourth-order valence-corrected chi connectivity index (χ4v) is 1.69. The van der Waals surface area contributed by atoms with Crippen LogP contribution in [0.25, 0.3) is 0 Å². The second-order valence-electron chi connectivity index (χ2n) is 2.25. The first-order valence-corrected chi connectivity index (χ1v) is 4.18. The molecule has 9 heavy (non-hydrogen) atoms. The summed E-state index contributed by atoms with van der Waals surface area (Å²) in [7, 11) is 0. The Balaban J connectivity index is 2.72. The first-order valence-electron chi connectivity index (χ1n) is 3.38. The molecule has 0 aromatic carbocycles. The van der Waals surface area contributed by atoms with E-state index in [2.05, 4.69) is 35.0 Å². The quantitative estimate of drug-likeness (QED) is 0.590. The number of hydrogen-bond acceptors (Lipinski definition) is 0. The normalized spacial score (nSPS) is 18.9. The van der Waals surface area contributed by atoms with Crippen LogP contribution >= 0.6 is 15.9 Å². The molecule has 1 aliphatic carbocycles. The van der Waals surface area contributed by atoms with E-state index in [-0.39, 0.29) is 0 Å². The van der Waals surface area contributed by atoms with Crippen LogP contribution in [0.4, 0.5) is 0 Å². The lowest BCUT2D eigenvalue weighted by Gasteiger charge is -2.08. The Hall–Kier alpha value is -0.0400. The highest BCUT2D eigenvalue weighted by atomic mass is 79.9. The minimum atomic E-state index is 1.19. The summed E-state index contributed by atoms with van der Waals surface area (Å²) in [5.41, 5.74) is 1.55. The first-order chi connectivity index (χ1) is 4.34. The van der Waals surface area contributed by atoms with Crippen LogP contribution in [0.3, 0.4) is 0 Å². The van der Waals surface area contributed by atoms with Gasteiger partial charge < -0.3 is 0 Å². The highest BCUT2D eigenvalue weighted by Gasteiger charge is 2.01. The lowest BCUT2D eigenvalue weighted by atomic mass is 10.0.